The van der Waals surface area contributed by atoms with E-state index in [1.54, 1.807) is 23.1 Å². The van der Waals surface area contributed by atoms with E-state index in [-0.39, 0.29) is 24.9 Å². The molecular weight excluding hydrogens is 313 g/mol. The number of likely N-dealkylation sites (N-methyl/N-ethyl adjacent to an activating group) is 2. The highest BCUT2D eigenvalue weighted by atomic mass is 35.5. The smallest absolute Gasteiger partial charge is 0.238 e. The molecule has 21 heavy (non-hydrogen) atoms. The van der Waals surface area contributed by atoms with Crippen molar-refractivity contribution >= 4 is 40.7 Å². The topological polar surface area (TPSA) is 61.4 Å². The number of amides is 2. The molecule has 1 aromatic rings. The number of halogens is 2. The van der Waals surface area contributed by atoms with E-state index in [0.717, 1.165) is 0 Å². The van der Waals surface area contributed by atoms with E-state index in [2.05, 4.69) is 10.6 Å². The third-order valence-corrected chi connectivity index (χ3v) is 3.32. The van der Waals surface area contributed by atoms with Crippen molar-refractivity contribution in [2.75, 3.05) is 31.5 Å². The molecule has 1 rings (SSSR count). The third-order valence-electron chi connectivity index (χ3n) is 2.76. The second kappa shape index (κ2) is 8.87. The van der Waals surface area contributed by atoms with Crippen molar-refractivity contribution in [2.45, 2.75) is 13.8 Å². The van der Waals surface area contributed by atoms with E-state index in [1.165, 1.54) is 0 Å². The number of carbonyl (C=O) groups excluding carboxylic acids is 2. The van der Waals surface area contributed by atoms with Gasteiger partial charge in [-0.05, 0) is 31.7 Å². The maximum absolute atomic E-state index is 12.0. The van der Waals surface area contributed by atoms with E-state index >= 15 is 0 Å². The summed E-state index contributed by atoms with van der Waals surface area (Å²) in [6, 6.07) is 4.85. The summed E-state index contributed by atoms with van der Waals surface area (Å²) in [5.74, 6) is -0.349. The van der Waals surface area contributed by atoms with Gasteiger partial charge in [-0.15, -0.1) is 0 Å². The van der Waals surface area contributed by atoms with Crippen LogP contribution in [0.2, 0.25) is 10.0 Å². The Morgan fingerprint density at radius 2 is 1.81 bits per heavy atom. The van der Waals surface area contributed by atoms with Gasteiger partial charge in [-0.25, -0.2) is 0 Å². The van der Waals surface area contributed by atoms with Crippen LogP contribution in [-0.4, -0.2) is 42.9 Å². The highest BCUT2D eigenvalue weighted by Gasteiger charge is 2.13. The molecular formula is C14H19Cl2N3O2. The molecule has 0 aliphatic rings. The van der Waals surface area contributed by atoms with Gasteiger partial charge in [0.2, 0.25) is 11.8 Å². The van der Waals surface area contributed by atoms with Gasteiger partial charge < -0.3 is 10.6 Å². The largest absolute Gasteiger partial charge is 0.355 e. The lowest BCUT2D eigenvalue weighted by Crippen LogP contribution is -2.41. The summed E-state index contributed by atoms with van der Waals surface area (Å²) in [5, 5.41) is 6.30. The van der Waals surface area contributed by atoms with Crippen LogP contribution >= 0.6 is 23.2 Å². The number of carbonyl (C=O) groups is 2. The number of anilines is 1. The van der Waals surface area contributed by atoms with Gasteiger partial charge >= 0.3 is 0 Å². The summed E-state index contributed by atoms with van der Waals surface area (Å²) in [5.41, 5.74) is 0.461. The van der Waals surface area contributed by atoms with E-state index in [1.807, 2.05) is 13.8 Å². The van der Waals surface area contributed by atoms with Crippen molar-refractivity contribution in [1.29, 1.82) is 0 Å². The first-order valence-electron chi connectivity index (χ1n) is 6.70. The Morgan fingerprint density at radius 3 is 2.43 bits per heavy atom. The zero-order valence-electron chi connectivity index (χ0n) is 12.1. The minimum atomic E-state index is -0.245. The number of nitrogens with zero attached hydrogens (tertiary/aromatic N) is 1. The summed E-state index contributed by atoms with van der Waals surface area (Å²) in [6.07, 6.45) is 0. The van der Waals surface area contributed by atoms with Crippen molar-refractivity contribution in [2.24, 2.45) is 0 Å². The lowest BCUT2D eigenvalue weighted by molar-refractivity contribution is -0.123. The SMILES string of the molecule is CCNC(=O)CN(CC)CC(=O)Nc1cc(Cl)ccc1Cl. The molecule has 0 saturated heterocycles. The van der Waals surface area contributed by atoms with E-state index in [0.29, 0.717) is 28.8 Å². The fourth-order valence-corrected chi connectivity index (χ4v) is 2.06. The number of rotatable bonds is 7. The molecule has 0 saturated carbocycles. The minimum Gasteiger partial charge on any atom is -0.355 e. The third kappa shape index (κ3) is 6.33. The van der Waals surface area contributed by atoms with Crippen LogP contribution in [0.25, 0.3) is 0 Å². The molecule has 0 heterocycles. The molecule has 0 unspecified atom stereocenters. The fourth-order valence-electron chi connectivity index (χ4n) is 1.72. The van der Waals surface area contributed by atoms with Gasteiger partial charge in [-0.2, -0.15) is 0 Å². The molecule has 116 valence electrons. The van der Waals surface area contributed by atoms with Gasteiger partial charge in [0.05, 0.1) is 23.8 Å². The normalized spacial score (nSPS) is 10.5. The van der Waals surface area contributed by atoms with E-state index in [9.17, 15) is 9.59 Å². The number of nitrogens with one attached hydrogen (secondary N) is 2. The molecule has 0 radical (unpaired) electrons. The van der Waals surface area contributed by atoms with Crippen LogP contribution in [0, 0.1) is 0 Å². The monoisotopic (exact) mass is 331 g/mol. The maximum Gasteiger partial charge on any atom is 0.238 e. The zero-order valence-corrected chi connectivity index (χ0v) is 13.6. The van der Waals surface area contributed by atoms with Crippen LogP contribution in [0.4, 0.5) is 5.69 Å². The molecule has 0 aliphatic carbocycles. The molecule has 2 amide bonds. The molecule has 0 aliphatic heterocycles. The van der Waals surface area contributed by atoms with Gasteiger partial charge in [0.25, 0.3) is 0 Å². The second-order valence-corrected chi connectivity index (χ2v) is 5.27. The maximum atomic E-state index is 12.0. The number of hydrogen-bond donors (Lipinski definition) is 2. The van der Waals surface area contributed by atoms with Crippen LogP contribution in [0.15, 0.2) is 18.2 Å². The molecule has 0 aromatic heterocycles. The molecule has 0 spiro atoms. The van der Waals surface area contributed by atoms with E-state index < -0.39 is 0 Å². The molecule has 1 aromatic carbocycles. The van der Waals surface area contributed by atoms with Crippen molar-refractivity contribution in [3.8, 4) is 0 Å². The Kier molecular flexibility index (Phi) is 7.50. The average molecular weight is 332 g/mol. The standard InChI is InChI=1S/C14H19Cl2N3O2/c1-3-17-13(20)8-19(4-2)9-14(21)18-12-7-10(15)5-6-11(12)16/h5-7H,3-4,8-9H2,1-2H3,(H,17,20)(H,18,21). The van der Waals surface area contributed by atoms with Crippen molar-refractivity contribution in [3.05, 3.63) is 28.2 Å². The van der Waals surface area contributed by atoms with Gasteiger partial charge in [-0.3, -0.25) is 14.5 Å². The van der Waals surface area contributed by atoms with Crippen LogP contribution in [0.1, 0.15) is 13.8 Å². The lowest BCUT2D eigenvalue weighted by Gasteiger charge is -2.19. The highest BCUT2D eigenvalue weighted by molar-refractivity contribution is 6.35. The molecule has 0 atom stereocenters. The average Bonchev–Trinajstić information content (AvgIpc) is 2.42. The Labute approximate surface area is 134 Å². The molecule has 0 bridgehead atoms. The highest BCUT2D eigenvalue weighted by Crippen LogP contribution is 2.25. The first kappa shape index (κ1) is 17.8. The summed E-state index contributed by atoms with van der Waals surface area (Å²) < 4.78 is 0. The van der Waals surface area contributed by atoms with Crippen LogP contribution in [-0.2, 0) is 9.59 Å². The fraction of sp³-hybridized carbons (Fsp3) is 0.429. The summed E-state index contributed by atoms with van der Waals surface area (Å²) in [4.78, 5) is 25.3. The minimum absolute atomic E-state index is 0.104. The van der Waals surface area contributed by atoms with Gasteiger partial charge in [0, 0.05) is 11.6 Å². The number of hydrogen-bond acceptors (Lipinski definition) is 3. The van der Waals surface area contributed by atoms with Gasteiger partial charge in [0.1, 0.15) is 0 Å². The van der Waals surface area contributed by atoms with Crippen LogP contribution < -0.4 is 10.6 Å². The Morgan fingerprint density at radius 1 is 1.14 bits per heavy atom. The first-order chi connectivity index (χ1) is 9.96. The van der Waals surface area contributed by atoms with Crippen LogP contribution in [0.3, 0.4) is 0 Å². The van der Waals surface area contributed by atoms with Gasteiger partial charge in [0.15, 0.2) is 0 Å². The summed E-state index contributed by atoms with van der Waals surface area (Å²) in [6.45, 7) is 5.19. The molecule has 0 fully saturated rings. The zero-order chi connectivity index (χ0) is 15.8. The number of benzene rings is 1. The molecule has 7 heteroatoms. The summed E-state index contributed by atoms with van der Waals surface area (Å²) in [7, 11) is 0. The molecule has 5 nitrogen and oxygen atoms in total. The van der Waals surface area contributed by atoms with Crippen LogP contribution in [0.5, 0.6) is 0 Å². The van der Waals surface area contributed by atoms with Crippen molar-refractivity contribution in [1.82, 2.24) is 10.2 Å². The first-order valence-corrected chi connectivity index (χ1v) is 7.45. The van der Waals surface area contributed by atoms with Crippen molar-refractivity contribution in [3.63, 3.8) is 0 Å². The quantitative estimate of drug-likeness (QED) is 0.806. The van der Waals surface area contributed by atoms with Gasteiger partial charge in [-0.1, -0.05) is 30.1 Å². The Bertz CT molecular complexity index is 509. The predicted octanol–water partition coefficient (Wildman–Crippen LogP) is 2.39. The predicted molar refractivity (Wildman–Crippen MR) is 85.9 cm³/mol. The lowest BCUT2D eigenvalue weighted by atomic mass is 10.3. The van der Waals surface area contributed by atoms with Crippen molar-refractivity contribution < 1.29 is 9.59 Å². The molecule has 2 N–H and O–H groups in total. The van der Waals surface area contributed by atoms with E-state index in [4.69, 9.17) is 23.2 Å². The second-order valence-electron chi connectivity index (χ2n) is 4.43. The summed E-state index contributed by atoms with van der Waals surface area (Å²) >= 11 is 11.8. The Hall–Kier alpha value is -1.30. The Balaban J connectivity index is 2.58.